The van der Waals surface area contributed by atoms with Crippen LogP contribution in [0.25, 0.3) is 0 Å². The highest BCUT2D eigenvalue weighted by Crippen LogP contribution is 2.21. The summed E-state index contributed by atoms with van der Waals surface area (Å²) >= 11 is 0. The van der Waals surface area contributed by atoms with E-state index in [2.05, 4.69) is 63.5 Å². The number of nitrogens with zero attached hydrogens (tertiary/aromatic N) is 2. The molecule has 0 aliphatic carbocycles. The summed E-state index contributed by atoms with van der Waals surface area (Å²) in [5.41, 5.74) is 40.7. The number of carbonyl (C=O) groups is 16. The minimum atomic E-state index is -1.96. The molecule has 0 radical (unpaired) electrons. The van der Waals surface area contributed by atoms with Gasteiger partial charge in [0.2, 0.25) is 94.5 Å². The summed E-state index contributed by atoms with van der Waals surface area (Å²) in [6.45, 7) is 6.55. The van der Waals surface area contributed by atoms with Crippen molar-refractivity contribution in [2.45, 2.75) is 184 Å². The van der Waals surface area contributed by atoms with E-state index in [4.69, 9.17) is 40.1 Å². The third-order valence-electron chi connectivity index (χ3n) is 16.8. The lowest BCUT2D eigenvalue weighted by molar-refractivity contribution is -0.141. The number of phenolic OH excluding ortho intramolecular Hbond substituents is 1. The Balaban J connectivity index is 1.48. The Morgan fingerprint density at radius 1 is 0.472 bits per heavy atom. The van der Waals surface area contributed by atoms with Crippen LogP contribution in [0.3, 0.4) is 0 Å². The molecular weight excluding hydrogens is 1410 g/mol. The van der Waals surface area contributed by atoms with Gasteiger partial charge in [-0.05, 0) is 86.1 Å². The van der Waals surface area contributed by atoms with Crippen molar-refractivity contribution in [1.29, 1.82) is 0 Å². The summed E-state index contributed by atoms with van der Waals surface area (Å²) < 4.78 is 0. The second kappa shape index (κ2) is 44.2. The lowest BCUT2D eigenvalue weighted by Gasteiger charge is -2.29. The highest BCUT2D eigenvalue weighted by atomic mass is 16.3. The summed E-state index contributed by atoms with van der Waals surface area (Å²) in [5, 5.41) is 46.9. The first-order chi connectivity index (χ1) is 50.9. The zero-order chi connectivity index (χ0) is 80.5. The average molecular weight is 1510 g/mol. The molecule has 1 fully saturated rings. The number of aliphatic hydroxyl groups is 1. The molecule has 3 aromatic rings. The van der Waals surface area contributed by atoms with Gasteiger partial charge in [-0.3, -0.25) is 81.7 Å². The average Bonchev–Trinajstić information content (AvgIpc) is 1.62. The molecule has 38 nitrogen and oxygen atoms in total. The zero-order valence-corrected chi connectivity index (χ0v) is 60.8. The van der Waals surface area contributed by atoms with E-state index >= 15 is 0 Å². The maximum absolute atomic E-state index is 14.3. The van der Waals surface area contributed by atoms with E-state index < -0.39 is 206 Å². The van der Waals surface area contributed by atoms with Gasteiger partial charge < -0.3 is 114 Å². The van der Waals surface area contributed by atoms with Crippen LogP contribution in [0.4, 0.5) is 0 Å². The molecule has 16 amide bonds. The zero-order valence-electron chi connectivity index (χ0n) is 60.8. The highest BCUT2D eigenvalue weighted by Gasteiger charge is 2.40. The monoisotopic (exact) mass is 1510 g/mol. The van der Waals surface area contributed by atoms with Gasteiger partial charge in [0.25, 0.3) is 0 Å². The number of benzene rings is 3. The van der Waals surface area contributed by atoms with E-state index in [1.54, 1.807) is 74.5 Å². The molecule has 3 aromatic carbocycles. The molecule has 0 saturated carbocycles. The van der Waals surface area contributed by atoms with Gasteiger partial charge in [0, 0.05) is 32.4 Å². The van der Waals surface area contributed by atoms with Crippen molar-refractivity contribution >= 4 is 100 Å². The van der Waals surface area contributed by atoms with Crippen LogP contribution in [0.5, 0.6) is 5.75 Å². The summed E-state index contributed by atoms with van der Waals surface area (Å²) in [5.74, 6) is -17.1. The molecule has 1 aliphatic rings. The number of hydrogen-bond acceptors (Lipinski definition) is 20. The predicted octanol–water partition coefficient (Wildman–Crippen LogP) is -7.03. The molecule has 38 heteroatoms. The number of likely N-dealkylation sites (tertiary alicyclic amines) is 1. The molecule has 0 aromatic heterocycles. The predicted molar refractivity (Wildman–Crippen MR) is 389 cm³/mol. The number of nitrogens with one attached hydrogen (secondary N) is 11. The van der Waals surface area contributed by atoms with Crippen LogP contribution >= 0.6 is 0 Å². The number of phenols is 1. The Bertz CT molecular complexity index is 3680. The minimum absolute atomic E-state index is 0.0167. The second-order valence-electron chi connectivity index (χ2n) is 26.9. The summed E-state index contributed by atoms with van der Waals surface area (Å²) in [6, 6.07) is 3.60. The Morgan fingerprint density at radius 2 is 0.889 bits per heavy atom. The van der Waals surface area contributed by atoms with E-state index in [0.717, 1.165) is 6.92 Å². The van der Waals surface area contributed by atoms with Gasteiger partial charge in [0.1, 0.15) is 72.2 Å². The topological polar surface area (TPSA) is 644 Å². The second-order valence-corrected chi connectivity index (χ2v) is 26.9. The number of carbonyl (C=O) groups excluding carboxylic acids is 16. The van der Waals surface area contributed by atoms with Crippen molar-refractivity contribution < 1.29 is 86.9 Å². The summed E-state index contributed by atoms with van der Waals surface area (Å²) in [7, 11) is 0. The van der Waals surface area contributed by atoms with Crippen LogP contribution in [-0.2, 0) is 96.0 Å². The first-order valence-corrected chi connectivity index (χ1v) is 35.0. The fourth-order valence-electron chi connectivity index (χ4n) is 11.3. The van der Waals surface area contributed by atoms with Gasteiger partial charge in [-0.25, -0.2) is 0 Å². The summed E-state index contributed by atoms with van der Waals surface area (Å²) in [4.78, 5) is 222. The van der Waals surface area contributed by atoms with Crippen LogP contribution in [-0.4, -0.2) is 214 Å². The maximum Gasteiger partial charge on any atom is 0.245 e. The number of primary amides is 4. The fraction of sp³-hybridized carbons (Fsp3) is 0.500. The Hall–Kier alpha value is -11.8. The number of rotatable bonds is 45. The van der Waals surface area contributed by atoms with E-state index in [1.165, 1.54) is 29.2 Å². The first-order valence-electron chi connectivity index (χ1n) is 35.0. The normalized spacial score (nSPS) is 15.5. The highest BCUT2D eigenvalue weighted by molar-refractivity contribution is 6.01. The van der Waals surface area contributed by atoms with Crippen LogP contribution < -0.4 is 98.6 Å². The van der Waals surface area contributed by atoms with Crippen LogP contribution in [0, 0.1) is 11.8 Å². The molecular formula is C70H102N20O18. The molecule has 1 aliphatic heterocycles. The van der Waals surface area contributed by atoms with Crippen LogP contribution in [0.15, 0.2) is 89.9 Å². The third-order valence-corrected chi connectivity index (χ3v) is 16.8. The molecule has 0 spiro atoms. The number of aromatic hydroxyl groups is 1. The third kappa shape index (κ3) is 31.1. The number of aliphatic hydroxyl groups excluding tert-OH is 1. The summed E-state index contributed by atoms with van der Waals surface area (Å²) in [6.07, 6.45) is -2.32. The molecule has 108 heavy (non-hydrogen) atoms. The van der Waals surface area contributed by atoms with Crippen molar-refractivity contribution in [2.75, 3.05) is 26.2 Å². The molecule has 1 heterocycles. The molecule has 0 bridgehead atoms. The molecule has 1 saturated heterocycles. The SMILES string of the molecule is CC(C)C[C@H](NC(=O)CNC(=O)[C@H](Cc1ccccc1)NC(=O)[C@H](CO)NC(=O)[C@H](CC(N)=O)NC(=O)[C@H](C)NC(=O)[C@H](CC(N)=O)NC(=O)[C@H](Cc1ccc(O)cc1)NC(=O)[C@H](CC(N)=O)NC(=O)[C@@H]1CCCN1C(=O)[C@@H](N)CC(C)C)C(=O)N[C@@H](CCCN=C(N)N)C(=O)N[C@@H](Cc1ccccc1)C(N)=O. The van der Waals surface area contributed by atoms with Crippen molar-refractivity contribution in [2.24, 2.45) is 57.0 Å². The van der Waals surface area contributed by atoms with Gasteiger partial charge in [0.15, 0.2) is 5.96 Å². The van der Waals surface area contributed by atoms with Gasteiger partial charge >= 0.3 is 0 Å². The quantitative estimate of drug-likeness (QED) is 0.0142. The number of hydrogen-bond donors (Lipinski definition) is 20. The van der Waals surface area contributed by atoms with E-state index in [0.29, 0.717) is 29.5 Å². The van der Waals surface area contributed by atoms with Gasteiger partial charge in [-0.2, -0.15) is 0 Å². The van der Waals surface area contributed by atoms with Crippen molar-refractivity contribution in [3.63, 3.8) is 0 Å². The molecule has 590 valence electrons. The van der Waals surface area contributed by atoms with E-state index in [-0.39, 0.29) is 75.2 Å². The van der Waals surface area contributed by atoms with Gasteiger partial charge in [-0.15, -0.1) is 0 Å². The molecule has 27 N–H and O–H groups in total. The number of guanidine groups is 1. The van der Waals surface area contributed by atoms with Crippen molar-refractivity contribution in [3.05, 3.63) is 102 Å². The van der Waals surface area contributed by atoms with Crippen molar-refractivity contribution in [1.82, 2.24) is 63.4 Å². The standard InChI is InChI=1S/C70H102N20O18/c1-36(2)26-43(71)69(108)90-25-13-19-53(90)68(107)88-51(33-56(74)95)65(104)86-48(30-41-20-22-42(92)23-21-41)64(103)87-49(31-54(72)93)62(101)80-38(5)59(98)84-50(32-55(73)94)66(105)89-52(35-91)67(106)85-47(29-40-16-10-7-11-17-40)60(99)79-34-57(96)81-46(27-37(3)4)63(102)82-44(18-12-24-78-70(76)77)61(100)83-45(58(75)97)28-39-14-8-6-9-15-39/h6-11,14-17,20-23,36-38,43-53,91-92H,12-13,18-19,24-35,71H2,1-5H3,(H2,72,93)(H2,73,94)(H2,74,95)(H2,75,97)(H,79,99)(H,80,101)(H,81,96)(H,82,102)(H,83,100)(H,84,98)(H,85,106)(H,86,104)(H,87,103)(H,88,107)(H,89,105)(H4,76,77,78)/t38-,43-,44-,45-,46-,47-,48-,49-,50-,51-,52-,53-/m0/s1. The number of nitrogens with two attached hydrogens (primary N) is 7. The largest absolute Gasteiger partial charge is 0.508 e. The lowest BCUT2D eigenvalue weighted by Crippen LogP contribution is -2.61. The Labute approximate surface area is 623 Å². The Morgan fingerprint density at radius 3 is 1.39 bits per heavy atom. The van der Waals surface area contributed by atoms with Crippen LogP contribution in [0.1, 0.15) is 109 Å². The molecule has 0 unspecified atom stereocenters. The Kier molecular flexibility index (Phi) is 36.3. The first kappa shape index (κ1) is 88.6. The fourth-order valence-corrected chi connectivity index (χ4v) is 11.3. The number of amides is 16. The minimum Gasteiger partial charge on any atom is -0.508 e. The van der Waals surface area contributed by atoms with Gasteiger partial charge in [-0.1, -0.05) is 100 Å². The van der Waals surface area contributed by atoms with E-state index in [9.17, 15) is 86.9 Å². The lowest BCUT2D eigenvalue weighted by atomic mass is 10.0. The number of aliphatic imine (C=N–C) groups is 1. The maximum atomic E-state index is 14.3. The van der Waals surface area contributed by atoms with E-state index in [1.807, 2.05) is 13.8 Å². The van der Waals surface area contributed by atoms with Crippen LogP contribution in [0.2, 0.25) is 0 Å². The molecule has 4 rings (SSSR count). The smallest absolute Gasteiger partial charge is 0.245 e. The van der Waals surface area contributed by atoms with Crippen molar-refractivity contribution in [3.8, 4) is 5.75 Å². The molecule has 12 atom stereocenters. The van der Waals surface area contributed by atoms with Gasteiger partial charge in [0.05, 0.1) is 38.5 Å².